The van der Waals surface area contributed by atoms with Crippen molar-refractivity contribution in [3.63, 3.8) is 0 Å². The van der Waals surface area contributed by atoms with E-state index in [-0.39, 0.29) is 23.5 Å². The van der Waals surface area contributed by atoms with E-state index in [2.05, 4.69) is 14.9 Å². The molecule has 4 aromatic rings. The first-order valence-corrected chi connectivity index (χ1v) is 13.1. The molecule has 0 spiro atoms. The van der Waals surface area contributed by atoms with Gasteiger partial charge in [0.05, 0.1) is 24.6 Å². The third kappa shape index (κ3) is 4.45. The number of methoxy groups -OCH3 is 1. The molecule has 2 unspecified atom stereocenters. The van der Waals surface area contributed by atoms with E-state index < -0.39 is 5.60 Å². The number of halogens is 1. The molecule has 2 aromatic carbocycles. The monoisotopic (exact) mass is 532 g/mol. The van der Waals surface area contributed by atoms with Crippen LogP contribution in [-0.2, 0) is 4.74 Å². The largest absolute Gasteiger partial charge is 0.497 e. The highest BCUT2D eigenvalue weighted by Gasteiger charge is 2.45. The third-order valence-electron chi connectivity index (χ3n) is 7.10. The molecule has 2 aliphatic rings. The van der Waals surface area contributed by atoms with E-state index in [1.807, 2.05) is 62.1 Å². The Labute approximate surface area is 225 Å². The van der Waals surface area contributed by atoms with E-state index in [9.17, 15) is 4.79 Å². The molecular formula is C28H29ClN6O3. The Hall–Kier alpha value is -3.72. The van der Waals surface area contributed by atoms with Crippen LogP contribution < -0.4 is 9.64 Å². The lowest BCUT2D eigenvalue weighted by Crippen LogP contribution is -2.57. The molecule has 1 amide bonds. The topological polar surface area (TPSA) is 93.6 Å². The lowest BCUT2D eigenvalue weighted by Gasteiger charge is -2.42. The van der Waals surface area contributed by atoms with Gasteiger partial charge in [-0.05, 0) is 68.1 Å². The summed E-state index contributed by atoms with van der Waals surface area (Å²) < 4.78 is 11.2. The van der Waals surface area contributed by atoms with Gasteiger partial charge in [-0.25, -0.2) is 14.8 Å². The molecule has 0 saturated carbocycles. The molecule has 10 heteroatoms. The fourth-order valence-electron chi connectivity index (χ4n) is 5.52. The maximum Gasteiger partial charge on any atom is 0.410 e. The second-order valence-electron chi connectivity index (χ2n) is 10.8. The fraction of sp³-hybridized carbons (Fsp3) is 0.393. The number of anilines is 1. The highest BCUT2D eigenvalue weighted by atomic mass is 35.5. The number of fused-ring (bicyclic) bond motifs is 4. The molecule has 38 heavy (non-hydrogen) atoms. The number of amides is 1. The summed E-state index contributed by atoms with van der Waals surface area (Å²) >= 11 is 6.41. The molecule has 0 radical (unpaired) electrons. The first kappa shape index (κ1) is 24.6. The maximum absolute atomic E-state index is 12.9. The van der Waals surface area contributed by atoms with Gasteiger partial charge in [-0.15, -0.1) is 0 Å². The number of benzene rings is 2. The third-order valence-corrected chi connectivity index (χ3v) is 7.27. The zero-order valence-corrected chi connectivity index (χ0v) is 22.6. The zero-order valence-electron chi connectivity index (χ0n) is 21.8. The summed E-state index contributed by atoms with van der Waals surface area (Å²) in [5.74, 6) is 1.94. The average Bonchev–Trinajstić information content (AvgIpc) is 3.15. The predicted octanol–water partition coefficient (Wildman–Crippen LogP) is 5.49. The highest BCUT2D eigenvalue weighted by molar-refractivity contribution is 6.28. The van der Waals surface area contributed by atoms with Crippen LogP contribution in [0.2, 0.25) is 5.28 Å². The molecule has 2 atom stereocenters. The number of piperazine rings is 1. The van der Waals surface area contributed by atoms with Crippen molar-refractivity contribution in [3.05, 3.63) is 47.9 Å². The summed E-state index contributed by atoms with van der Waals surface area (Å²) in [5.41, 5.74) is 0.786. The van der Waals surface area contributed by atoms with Crippen LogP contribution in [0.25, 0.3) is 33.2 Å². The standard InChI is InChI=1S/C28H29ClN6O3/c1-28(2,3)38-27(36)35-17-9-10-18(35)15-34(14-17)25-22-13-30-23(31-24(22)32-26(29)33-25)21-12-19(37-4)11-16-7-5-6-8-20(16)21/h5-8,11-13,17-18H,9-10,14-15H2,1-4H3. The lowest BCUT2D eigenvalue weighted by atomic mass is 10.0. The van der Waals surface area contributed by atoms with Gasteiger partial charge in [0, 0.05) is 24.8 Å². The second kappa shape index (κ2) is 9.23. The number of hydrogen-bond donors (Lipinski definition) is 0. The summed E-state index contributed by atoms with van der Waals surface area (Å²) in [6, 6.07) is 12.0. The summed E-state index contributed by atoms with van der Waals surface area (Å²) in [4.78, 5) is 35.5. The van der Waals surface area contributed by atoms with E-state index in [1.54, 1.807) is 13.3 Å². The maximum atomic E-state index is 12.9. The minimum atomic E-state index is -0.535. The summed E-state index contributed by atoms with van der Waals surface area (Å²) in [5, 5.41) is 2.89. The summed E-state index contributed by atoms with van der Waals surface area (Å²) in [6.07, 6.45) is 3.34. The number of aromatic nitrogens is 4. The number of rotatable bonds is 3. The number of ether oxygens (including phenoxy) is 2. The van der Waals surface area contributed by atoms with Crippen LogP contribution in [0.3, 0.4) is 0 Å². The SMILES string of the molecule is COc1cc(-c2ncc3c(N4CC5CCC(C4)N5C(=O)OC(C)(C)C)nc(Cl)nc3n2)c2ccccc2c1. The Morgan fingerprint density at radius 3 is 2.47 bits per heavy atom. The van der Waals surface area contributed by atoms with Crippen LogP contribution in [0.1, 0.15) is 33.6 Å². The Morgan fingerprint density at radius 2 is 1.76 bits per heavy atom. The molecule has 2 aliphatic heterocycles. The van der Waals surface area contributed by atoms with Gasteiger partial charge in [0.1, 0.15) is 17.2 Å². The van der Waals surface area contributed by atoms with Gasteiger partial charge in [-0.2, -0.15) is 9.97 Å². The summed E-state index contributed by atoms with van der Waals surface area (Å²) in [6.45, 7) is 6.92. The zero-order chi connectivity index (χ0) is 26.6. The molecule has 2 bridgehead atoms. The minimum absolute atomic E-state index is 0.0377. The van der Waals surface area contributed by atoms with E-state index in [0.717, 1.165) is 40.3 Å². The molecule has 2 saturated heterocycles. The Kier molecular flexibility index (Phi) is 5.98. The van der Waals surface area contributed by atoms with Gasteiger partial charge < -0.3 is 14.4 Å². The molecule has 196 valence electrons. The minimum Gasteiger partial charge on any atom is -0.497 e. The number of carbonyl (C=O) groups excluding carboxylic acids is 1. The molecular weight excluding hydrogens is 504 g/mol. The van der Waals surface area contributed by atoms with E-state index in [0.29, 0.717) is 30.4 Å². The Bertz CT molecular complexity index is 1540. The number of carbonyl (C=O) groups is 1. The first-order valence-electron chi connectivity index (χ1n) is 12.7. The molecule has 4 heterocycles. The van der Waals surface area contributed by atoms with Crippen LogP contribution in [-0.4, -0.2) is 68.8 Å². The van der Waals surface area contributed by atoms with Crippen molar-refractivity contribution in [2.75, 3.05) is 25.1 Å². The molecule has 6 rings (SSSR count). The molecule has 0 N–H and O–H groups in total. The van der Waals surface area contributed by atoms with E-state index >= 15 is 0 Å². The van der Waals surface area contributed by atoms with Crippen molar-refractivity contribution in [1.82, 2.24) is 24.8 Å². The van der Waals surface area contributed by atoms with E-state index in [1.165, 1.54) is 0 Å². The number of hydrogen-bond acceptors (Lipinski definition) is 8. The van der Waals surface area contributed by atoms with Gasteiger partial charge in [0.2, 0.25) is 5.28 Å². The highest BCUT2D eigenvalue weighted by Crippen LogP contribution is 2.37. The van der Waals surface area contributed by atoms with Gasteiger partial charge in [0.25, 0.3) is 0 Å². The number of nitrogens with zero attached hydrogens (tertiary/aromatic N) is 6. The average molecular weight is 533 g/mol. The normalized spacial score (nSPS) is 19.3. The van der Waals surface area contributed by atoms with Crippen molar-refractivity contribution in [2.45, 2.75) is 51.3 Å². The van der Waals surface area contributed by atoms with Crippen LogP contribution in [0.5, 0.6) is 5.75 Å². The molecule has 2 fully saturated rings. The van der Waals surface area contributed by atoms with Gasteiger partial charge >= 0.3 is 6.09 Å². The van der Waals surface area contributed by atoms with Crippen molar-refractivity contribution >= 4 is 45.3 Å². The lowest BCUT2D eigenvalue weighted by molar-refractivity contribution is 0.0123. The van der Waals surface area contributed by atoms with Crippen molar-refractivity contribution < 1.29 is 14.3 Å². The van der Waals surface area contributed by atoms with Crippen LogP contribution in [0.4, 0.5) is 10.6 Å². The van der Waals surface area contributed by atoms with Crippen LogP contribution in [0, 0.1) is 0 Å². The van der Waals surface area contributed by atoms with Gasteiger partial charge in [0.15, 0.2) is 11.5 Å². The quantitative estimate of drug-likeness (QED) is 0.320. The van der Waals surface area contributed by atoms with Crippen molar-refractivity contribution in [3.8, 4) is 17.1 Å². The first-order chi connectivity index (χ1) is 18.2. The Morgan fingerprint density at radius 1 is 1.03 bits per heavy atom. The summed E-state index contributed by atoms with van der Waals surface area (Å²) in [7, 11) is 1.64. The second-order valence-corrected chi connectivity index (χ2v) is 11.2. The van der Waals surface area contributed by atoms with Crippen molar-refractivity contribution in [2.24, 2.45) is 0 Å². The molecule has 2 aromatic heterocycles. The van der Waals surface area contributed by atoms with Crippen molar-refractivity contribution in [1.29, 1.82) is 0 Å². The van der Waals surface area contributed by atoms with Gasteiger partial charge in [-0.1, -0.05) is 24.3 Å². The van der Waals surface area contributed by atoms with Crippen LogP contribution >= 0.6 is 11.6 Å². The van der Waals surface area contributed by atoms with Gasteiger partial charge in [-0.3, -0.25) is 4.90 Å². The molecule has 0 aliphatic carbocycles. The van der Waals surface area contributed by atoms with E-state index in [4.69, 9.17) is 31.0 Å². The van der Waals surface area contributed by atoms with Crippen LogP contribution in [0.15, 0.2) is 42.6 Å². The predicted molar refractivity (Wildman–Crippen MR) is 147 cm³/mol. The fourth-order valence-corrected chi connectivity index (χ4v) is 5.68. The Balaban J connectivity index is 1.36. The molecule has 9 nitrogen and oxygen atoms in total. The smallest absolute Gasteiger partial charge is 0.410 e.